The molecule has 7 heteroatoms. The molecule has 0 saturated carbocycles. The van der Waals surface area contributed by atoms with Crippen molar-refractivity contribution in [3.63, 3.8) is 0 Å². The zero-order valence-corrected chi connectivity index (χ0v) is 17.8. The molecular weight excluding hydrogens is 390 g/mol. The summed E-state index contributed by atoms with van der Waals surface area (Å²) < 4.78 is 5.83. The number of nitrogens with zero attached hydrogens (tertiary/aromatic N) is 3. The molecule has 31 heavy (non-hydrogen) atoms. The number of nitrogens with one attached hydrogen (secondary N) is 2. The van der Waals surface area contributed by atoms with Gasteiger partial charge in [-0.1, -0.05) is 30.3 Å². The molecule has 0 bridgehead atoms. The first-order chi connectivity index (χ1) is 15.1. The Bertz CT molecular complexity index is 1110. The lowest BCUT2D eigenvalue weighted by atomic mass is 9.98. The zero-order valence-electron chi connectivity index (χ0n) is 17.8. The molecule has 1 amide bonds. The summed E-state index contributed by atoms with van der Waals surface area (Å²) in [6, 6.07) is 17.8. The minimum atomic E-state index is -0.113. The third-order valence-corrected chi connectivity index (χ3v) is 5.14. The number of anilines is 1. The zero-order chi connectivity index (χ0) is 21.8. The van der Waals surface area contributed by atoms with Crippen LogP contribution < -0.4 is 15.4 Å². The Morgan fingerprint density at radius 1 is 1.10 bits per heavy atom. The number of hydrogen-bond donors (Lipinski definition) is 2. The van der Waals surface area contributed by atoms with E-state index in [2.05, 4.69) is 26.7 Å². The number of hydrogen-bond acceptors (Lipinski definition) is 5. The van der Waals surface area contributed by atoms with Crippen molar-refractivity contribution in [2.45, 2.75) is 6.17 Å². The van der Waals surface area contributed by atoms with Crippen molar-refractivity contribution in [1.82, 2.24) is 15.2 Å². The Hall–Kier alpha value is -3.87. The van der Waals surface area contributed by atoms with E-state index in [1.54, 1.807) is 27.3 Å². The molecule has 158 valence electrons. The van der Waals surface area contributed by atoms with Gasteiger partial charge in [0.25, 0.3) is 5.91 Å². The van der Waals surface area contributed by atoms with Crippen molar-refractivity contribution in [2.24, 2.45) is 4.99 Å². The van der Waals surface area contributed by atoms with Gasteiger partial charge in [-0.3, -0.25) is 14.8 Å². The van der Waals surface area contributed by atoms with Crippen molar-refractivity contribution in [1.29, 1.82) is 0 Å². The number of para-hydroxylation sites is 1. The number of likely N-dealkylation sites (N-methyl/N-ethyl adjacent to an activating group) is 1. The highest BCUT2D eigenvalue weighted by Crippen LogP contribution is 2.34. The van der Waals surface area contributed by atoms with Gasteiger partial charge < -0.3 is 20.3 Å². The number of ether oxygens (including phenoxy) is 1. The smallest absolute Gasteiger partial charge is 0.259 e. The number of fused-ring (bicyclic) bond motifs is 1. The van der Waals surface area contributed by atoms with Gasteiger partial charge in [-0.2, -0.15) is 0 Å². The summed E-state index contributed by atoms with van der Waals surface area (Å²) in [6.45, 7) is -0.00742. The molecular formula is C24H25N5O2. The number of carbonyl (C=O) groups is 1. The number of pyridine rings is 1. The predicted molar refractivity (Wildman–Crippen MR) is 122 cm³/mol. The first-order valence-electron chi connectivity index (χ1n) is 10.0. The molecule has 0 aliphatic carbocycles. The lowest BCUT2D eigenvalue weighted by Crippen LogP contribution is -2.39. The minimum Gasteiger partial charge on any atom is -0.483 e. The molecule has 1 unspecified atom stereocenters. The Morgan fingerprint density at radius 3 is 2.68 bits per heavy atom. The van der Waals surface area contributed by atoms with Gasteiger partial charge in [0.2, 0.25) is 0 Å². The molecule has 2 N–H and O–H groups in total. The van der Waals surface area contributed by atoms with E-state index in [1.807, 2.05) is 54.7 Å². The second kappa shape index (κ2) is 8.87. The fourth-order valence-corrected chi connectivity index (χ4v) is 3.44. The number of amidine groups is 1. The van der Waals surface area contributed by atoms with Gasteiger partial charge in [0.15, 0.2) is 6.61 Å². The second-order valence-electron chi connectivity index (χ2n) is 7.41. The summed E-state index contributed by atoms with van der Waals surface area (Å²) in [5.41, 5.74) is 4.89. The van der Waals surface area contributed by atoms with Crippen LogP contribution in [0.25, 0.3) is 11.1 Å². The fourth-order valence-electron chi connectivity index (χ4n) is 3.44. The highest BCUT2D eigenvalue weighted by molar-refractivity contribution is 6.06. The van der Waals surface area contributed by atoms with Crippen LogP contribution in [0.15, 0.2) is 72.0 Å². The summed E-state index contributed by atoms with van der Waals surface area (Å²) in [4.78, 5) is 22.1. The Kier molecular flexibility index (Phi) is 5.84. The largest absolute Gasteiger partial charge is 0.483 e. The van der Waals surface area contributed by atoms with Crippen LogP contribution in [0.2, 0.25) is 0 Å². The van der Waals surface area contributed by atoms with Gasteiger partial charge in [0.05, 0.1) is 0 Å². The maximum absolute atomic E-state index is 11.9. The van der Waals surface area contributed by atoms with Crippen LogP contribution in [0.4, 0.5) is 5.69 Å². The van der Waals surface area contributed by atoms with Gasteiger partial charge in [-0.25, -0.2) is 0 Å². The third-order valence-electron chi connectivity index (χ3n) is 5.14. The summed E-state index contributed by atoms with van der Waals surface area (Å²) in [6.07, 6.45) is 3.48. The van der Waals surface area contributed by atoms with E-state index in [1.165, 1.54) is 4.90 Å². The maximum atomic E-state index is 11.9. The van der Waals surface area contributed by atoms with Gasteiger partial charge in [-0.05, 0) is 29.8 Å². The van der Waals surface area contributed by atoms with E-state index in [0.29, 0.717) is 5.75 Å². The topological polar surface area (TPSA) is 78.9 Å². The molecule has 1 atom stereocenters. The third kappa shape index (κ3) is 4.35. The number of rotatable bonds is 5. The molecule has 0 fully saturated rings. The molecule has 2 heterocycles. The minimum absolute atomic E-state index is 0.00742. The summed E-state index contributed by atoms with van der Waals surface area (Å²) >= 11 is 0. The summed E-state index contributed by atoms with van der Waals surface area (Å²) in [5.74, 6) is 1.37. The SMILES string of the molecule is CN=C1NC(c2cccnc2)Nc2ccc(-c3ccccc3OCC(=O)N(C)C)cc21. The Labute approximate surface area is 181 Å². The molecule has 0 spiro atoms. The van der Waals surface area contributed by atoms with Crippen LogP contribution in [0.3, 0.4) is 0 Å². The van der Waals surface area contributed by atoms with E-state index >= 15 is 0 Å². The molecule has 1 aliphatic heterocycles. The average Bonchev–Trinajstić information content (AvgIpc) is 2.82. The first-order valence-corrected chi connectivity index (χ1v) is 10.0. The predicted octanol–water partition coefficient (Wildman–Crippen LogP) is 3.31. The molecule has 0 saturated heterocycles. The number of amides is 1. The standard InChI is InChI=1S/C24H25N5O2/c1-25-24-19-13-16(18-8-4-5-9-21(18)31-15-22(30)29(2)3)10-11-20(19)27-23(28-24)17-7-6-12-26-14-17/h4-14,23,27H,15H2,1-3H3,(H,25,28). The normalized spacial score (nSPS) is 16.1. The molecule has 3 aromatic rings. The van der Waals surface area contributed by atoms with E-state index in [-0.39, 0.29) is 18.7 Å². The molecule has 7 nitrogen and oxygen atoms in total. The van der Waals surface area contributed by atoms with Gasteiger partial charge in [-0.15, -0.1) is 0 Å². The fraction of sp³-hybridized carbons (Fsp3) is 0.208. The average molecular weight is 415 g/mol. The van der Waals surface area contributed by atoms with Crippen LogP contribution in [-0.2, 0) is 4.79 Å². The van der Waals surface area contributed by atoms with Crippen LogP contribution >= 0.6 is 0 Å². The van der Waals surface area contributed by atoms with E-state index < -0.39 is 0 Å². The van der Waals surface area contributed by atoms with Crippen molar-refractivity contribution in [3.8, 4) is 16.9 Å². The van der Waals surface area contributed by atoms with Crippen molar-refractivity contribution in [2.75, 3.05) is 33.1 Å². The van der Waals surface area contributed by atoms with Crippen molar-refractivity contribution >= 4 is 17.4 Å². The molecule has 0 radical (unpaired) electrons. The number of carbonyl (C=O) groups excluding carboxylic acids is 1. The van der Waals surface area contributed by atoms with Crippen molar-refractivity contribution < 1.29 is 9.53 Å². The van der Waals surface area contributed by atoms with E-state index in [4.69, 9.17) is 4.74 Å². The molecule has 1 aromatic heterocycles. The van der Waals surface area contributed by atoms with Crippen LogP contribution in [0.5, 0.6) is 5.75 Å². The second-order valence-corrected chi connectivity index (χ2v) is 7.41. The number of aromatic nitrogens is 1. The number of aliphatic imine (C=N–C) groups is 1. The monoisotopic (exact) mass is 415 g/mol. The maximum Gasteiger partial charge on any atom is 0.259 e. The van der Waals surface area contributed by atoms with Crippen LogP contribution in [0, 0.1) is 0 Å². The van der Waals surface area contributed by atoms with E-state index in [9.17, 15) is 4.79 Å². The lowest BCUT2D eigenvalue weighted by Gasteiger charge is -2.30. The highest BCUT2D eigenvalue weighted by Gasteiger charge is 2.24. The van der Waals surface area contributed by atoms with Gasteiger partial charge in [0.1, 0.15) is 17.8 Å². The van der Waals surface area contributed by atoms with Crippen molar-refractivity contribution in [3.05, 3.63) is 78.1 Å². The highest BCUT2D eigenvalue weighted by atomic mass is 16.5. The lowest BCUT2D eigenvalue weighted by molar-refractivity contribution is -0.130. The van der Waals surface area contributed by atoms with E-state index in [0.717, 1.165) is 33.8 Å². The van der Waals surface area contributed by atoms with Crippen LogP contribution in [0.1, 0.15) is 17.3 Å². The van der Waals surface area contributed by atoms with Gasteiger partial charge in [0, 0.05) is 55.9 Å². The molecule has 2 aromatic carbocycles. The molecule has 4 rings (SSSR count). The quantitative estimate of drug-likeness (QED) is 0.669. The number of benzene rings is 2. The summed E-state index contributed by atoms with van der Waals surface area (Å²) in [7, 11) is 5.20. The molecule has 1 aliphatic rings. The Balaban J connectivity index is 1.65. The Morgan fingerprint density at radius 2 is 1.94 bits per heavy atom. The first kappa shape index (κ1) is 20.4. The van der Waals surface area contributed by atoms with Gasteiger partial charge >= 0.3 is 0 Å². The van der Waals surface area contributed by atoms with Crippen LogP contribution in [-0.4, -0.2) is 49.4 Å². The summed E-state index contributed by atoms with van der Waals surface area (Å²) in [5, 5.41) is 6.95.